The van der Waals surface area contributed by atoms with Crippen LogP contribution in [0.5, 0.6) is 0 Å². The van der Waals surface area contributed by atoms with E-state index in [4.69, 9.17) is 5.26 Å². The number of nitrogens with zero attached hydrogens (tertiary/aromatic N) is 1. The van der Waals surface area contributed by atoms with E-state index in [1.54, 1.807) is 30.3 Å². The summed E-state index contributed by atoms with van der Waals surface area (Å²) in [7, 11) is 0. The second-order valence-electron chi connectivity index (χ2n) is 4.82. The van der Waals surface area contributed by atoms with Crippen molar-refractivity contribution in [3.8, 4) is 6.07 Å². The number of halogens is 4. The number of carbonyl (C=O) groups is 1. The fourth-order valence-corrected chi connectivity index (χ4v) is 2.31. The van der Waals surface area contributed by atoms with Crippen LogP contribution in [0.2, 0.25) is 0 Å². The van der Waals surface area contributed by atoms with Crippen LogP contribution in [0.3, 0.4) is 0 Å². The number of nitriles is 1. The van der Waals surface area contributed by atoms with Crippen molar-refractivity contribution in [2.75, 3.05) is 10.6 Å². The molecule has 0 aliphatic rings. The summed E-state index contributed by atoms with van der Waals surface area (Å²) in [4.78, 5) is 12.1. The number of rotatable bonds is 4. The van der Waals surface area contributed by atoms with Crippen molar-refractivity contribution in [2.45, 2.75) is 6.18 Å². The van der Waals surface area contributed by atoms with Gasteiger partial charge >= 0.3 is 6.18 Å². The average Bonchev–Trinajstić information content (AvgIpc) is 2.55. The van der Waals surface area contributed by atoms with Crippen LogP contribution in [0.15, 0.2) is 64.8 Å². The molecule has 8 heteroatoms. The number of nitrogens with one attached hydrogen (secondary N) is 2. The Hall–Kier alpha value is -2.79. The third kappa shape index (κ3) is 5.09. The van der Waals surface area contributed by atoms with Gasteiger partial charge in [0.1, 0.15) is 11.6 Å². The molecule has 0 saturated carbocycles. The van der Waals surface area contributed by atoms with E-state index in [9.17, 15) is 18.0 Å². The first-order chi connectivity index (χ1) is 11.8. The lowest BCUT2D eigenvalue weighted by Crippen LogP contribution is -2.18. The van der Waals surface area contributed by atoms with Gasteiger partial charge in [0.15, 0.2) is 0 Å². The zero-order chi connectivity index (χ0) is 18.4. The summed E-state index contributed by atoms with van der Waals surface area (Å²) in [6, 6.07) is 13.2. The highest BCUT2D eigenvalue weighted by atomic mass is 79.9. The summed E-state index contributed by atoms with van der Waals surface area (Å²) >= 11 is 3.27. The molecule has 0 atom stereocenters. The second-order valence-corrected chi connectivity index (χ2v) is 5.74. The second kappa shape index (κ2) is 7.85. The molecule has 0 aliphatic carbocycles. The van der Waals surface area contributed by atoms with E-state index < -0.39 is 23.3 Å². The molecule has 4 nitrogen and oxygen atoms in total. The monoisotopic (exact) mass is 409 g/mol. The van der Waals surface area contributed by atoms with Gasteiger partial charge in [-0.2, -0.15) is 18.4 Å². The van der Waals surface area contributed by atoms with Gasteiger partial charge in [-0.1, -0.05) is 34.1 Å². The van der Waals surface area contributed by atoms with Gasteiger partial charge in [0.2, 0.25) is 0 Å². The van der Waals surface area contributed by atoms with Crippen LogP contribution in [0.25, 0.3) is 0 Å². The lowest BCUT2D eigenvalue weighted by Gasteiger charge is -2.13. The summed E-state index contributed by atoms with van der Waals surface area (Å²) in [5, 5.41) is 14.0. The molecule has 0 fully saturated rings. The molecule has 128 valence electrons. The minimum absolute atomic E-state index is 0.364. The molecule has 2 rings (SSSR count). The number of alkyl halides is 3. The number of hydrogen-bond donors (Lipinski definition) is 2. The Bertz CT molecular complexity index is 857. The van der Waals surface area contributed by atoms with E-state index in [-0.39, 0.29) is 5.57 Å². The van der Waals surface area contributed by atoms with Crippen molar-refractivity contribution in [3.05, 3.63) is 70.3 Å². The number of para-hydroxylation sites is 1. The zero-order valence-electron chi connectivity index (χ0n) is 12.6. The first-order valence-corrected chi connectivity index (χ1v) is 7.70. The summed E-state index contributed by atoms with van der Waals surface area (Å²) in [5.74, 6) is -0.943. The first-order valence-electron chi connectivity index (χ1n) is 6.91. The maximum absolute atomic E-state index is 12.9. The molecular formula is C17H11BrF3N3O. The van der Waals surface area contributed by atoms with Gasteiger partial charge < -0.3 is 10.6 Å². The lowest BCUT2D eigenvalue weighted by molar-refractivity contribution is -0.137. The number of benzene rings is 2. The molecule has 2 aromatic carbocycles. The third-order valence-electron chi connectivity index (χ3n) is 3.05. The highest BCUT2D eigenvalue weighted by Gasteiger charge is 2.33. The lowest BCUT2D eigenvalue weighted by atomic mass is 10.1. The van der Waals surface area contributed by atoms with E-state index in [0.29, 0.717) is 5.69 Å². The summed E-state index contributed by atoms with van der Waals surface area (Å²) in [5.41, 5.74) is -1.16. The van der Waals surface area contributed by atoms with Crippen LogP contribution in [-0.2, 0) is 11.0 Å². The molecule has 2 N–H and O–H groups in total. The predicted molar refractivity (Wildman–Crippen MR) is 91.5 cm³/mol. The van der Waals surface area contributed by atoms with Crippen LogP contribution in [0, 0.1) is 11.3 Å². The highest BCUT2D eigenvalue weighted by molar-refractivity contribution is 9.10. The normalized spacial score (nSPS) is 11.6. The third-order valence-corrected chi connectivity index (χ3v) is 3.55. The van der Waals surface area contributed by atoms with Crippen LogP contribution in [0.1, 0.15) is 5.56 Å². The van der Waals surface area contributed by atoms with E-state index >= 15 is 0 Å². The molecule has 0 aromatic heterocycles. The van der Waals surface area contributed by atoms with Crippen LogP contribution in [-0.4, -0.2) is 5.91 Å². The largest absolute Gasteiger partial charge is 0.418 e. The summed E-state index contributed by atoms with van der Waals surface area (Å²) in [6.45, 7) is 0. The topological polar surface area (TPSA) is 64.9 Å². The van der Waals surface area contributed by atoms with Gasteiger partial charge in [-0.25, -0.2) is 0 Å². The van der Waals surface area contributed by atoms with E-state index in [2.05, 4.69) is 26.6 Å². The summed E-state index contributed by atoms with van der Waals surface area (Å²) < 4.78 is 39.6. The van der Waals surface area contributed by atoms with Crippen molar-refractivity contribution in [3.63, 3.8) is 0 Å². The Labute approximate surface area is 150 Å². The van der Waals surface area contributed by atoms with E-state index in [1.807, 2.05) is 0 Å². The van der Waals surface area contributed by atoms with Crippen molar-refractivity contribution < 1.29 is 18.0 Å². The molecular weight excluding hydrogens is 399 g/mol. The Balaban J connectivity index is 2.19. The van der Waals surface area contributed by atoms with Crippen LogP contribution in [0.4, 0.5) is 24.5 Å². The first kappa shape index (κ1) is 18.5. The SMILES string of the molecule is N#C/C(=C/Nc1cccc(Br)c1)C(=O)Nc1ccccc1C(F)(F)F. The van der Waals surface area contributed by atoms with Gasteiger partial charge in [-0.3, -0.25) is 4.79 Å². The van der Waals surface area contributed by atoms with Crippen molar-refractivity contribution in [1.29, 1.82) is 5.26 Å². The zero-order valence-corrected chi connectivity index (χ0v) is 14.1. The smallest absolute Gasteiger partial charge is 0.360 e. The minimum atomic E-state index is -4.62. The Morgan fingerprint density at radius 2 is 1.88 bits per heavy atom. The van der Waals surface area contributed by atoms with E-state index in [0.717, 1.165) is 22.8 Å². The molecule has 0 spiro atoms. The molecule has 0 saturated heterocycles. The molecule has 0 aliphatic heterocycles. The van der Waals surface area contributed by atoms with Crippen molar-refractivity contribution >= 4 is 33.2 Å². The number of carbonyl (C=O) groups excluding carboxylic acids is 1. The Morgan fingerprint density at radius 1 is 1.16 bits per heavy atom. The van der Waals surface area contributed by atoms with Gasteiger partial charge in [-0.15, -0.1) is 0 Å². The van der Waals surface area contributed by atoms with Crippen LogP contribution < -0.4 is 10.6 Å². The Morgan fingerprint density at radius 3 is 2.52 bits per heavy atom. The number of anilines is 2. The van der Waals surface area contributed by atoms with Gasteiger partial charge in [0.25, 0.3) is 5.91 Å². The quantitative estimate of drug-likeness (QED) is 0.555. The summed E-state index contributed by atoms with van der Waals surface area (Å²) in [6.07, 6.45) is -3.48. The maximum atomic E-state index is 12.9. The fraction of sp³-hybridized carbons (Fsp3) is 0.0588. The number of amides is 1. The van der Waals surface area contributed by atoms with Gasteiger partial charge in [-0.05, 0) is 30.3 Å². The molecule has 25 heavy (non-hydrogen) atoms. The van der Waals surface area contributed by atoms with Crippen molar-refractivity contribution in [1.82, 2.24) is 0 Å². The van der Waals surface area contributed by atoms with Crippen LogP contribution >= 0.6 is 15.9 Å². The van der Waals surface area contributed by atoms with E-state index in [1.165, 1.54) is 12.1 Å². The predicted octanol–water partition coefficient (Wildman–Crippen LogP) is 4.93. The van der Waals surface area contributed by atoms with Crippen molar-refractivity contribution in [2.24, 2.45) is 0 Å². The molecule has 2 aromatic rings. The van der Waals surface area contributed by atoms with Gasteiger partial charge in [0, 0.05) is 16.4 Å². The molecule has 0 bridgehead atoms. The molecule has 0 unspecified atom stereocenters. The molecule has 0 heterocycles. The fourth-order valence-electron chi connectivity index (χ4n) is 1.91. The van der Waals surface area contributed by atoms with Gasteiger partial charge in [0.05, 0.1) is 11.3 Å². The minimum Gasteiger partial charge on any atom is -0.360 e. The standard InChI is InChI=1S/C17H11BrF3N3O/c18-12-4-3-5-13(8-12)23-10-11(9-22)16(25)24-15-7-2-1-6-14(15)17(19,20)21/h1-8,10,23H,(H,24,25)/b11-10-. The number of hydrogen-bond acceptors (Lipinski definition) is 3. The molecule has 1 amide bonds. The highest BCUT2D eigenvalue weighted by Crippen LogP contribution is 2.34. The molecule has 0 radical (unpaired) electrons. The maximum Gasteiger partial charge on any atom is 0.418 e. The average molecular weight is 410 g/mol. The Kier molecular flexibility index (Phi) is 5.83.